The molecule has 1 unspecified atom stereocenters. The Bertz CT molecular complexity index is 1010. The van der Waals surface area contributed by atoms with Crippen LogP contribution in [-0.4, -0.2) is 46.1 Å². The van der Waals surface area contributed by atoms with E-state index in [0.29, 0.717) is 13.0 Å². The number of carbonyl (C=O) groups is 2. The van der Waals surface area contributed by atoms with Crippen molar-refractivity contribution < 1.29 is 14.3 Å². The molecule has 0 radical (unpaired) electrons. The molecular weight excluding hydrogens is 370 g/mol. The van der Waals surface area contributed by atoms with Gasteiger partial charge in [0.25, 0.3) is 0 Å². The van der Waals surface area contributed by atoms with Crippen molar-refractivity contribution in [2.24, 2.45) is 0 Å². The molecule has 0 fully saturated rings. The second-order valence-corrected chi connectivity index (χ2v) is 6.42. The molecule has 0 bridgehead atoms. The van der Waals surface area contributed by atoms with Crippen LogP contribution in [0.1, 0.15) is 18.3 Å². The summed E-state index contributed by atoms with van der Waals surface area (Å²) in [6, 6.07) is 12.3. The van der Waals surface area contributed by atoms with Crippen LogP contribution in [0.5, 0.6) is 5.75 Å². The van der Waals surface area contributed by atoms with Gasteiger partial charge in [-0.2, -0.15) is 0 Å². The molecule has 0 aliphatic heterocycles. The number of benzene rings is 1. The van der Waals surface area contributed by atoms with E-state index >= 15 is 0 Å². The van der Waals surface area contributed by atoms with Crippen LogP contribution < -0.4 is 15.4 Å². The summed E-state index contributed by atoms with van der Waals surface area (Å²) in [5.41, 5.74) is 1.62. The van der Waals surface area contributed by atoms with Gasteiger partial charge in [0, 0.05) is 25.2 Å². The molecule has 3 rings (SSSR count). The molecule has 0 aliphatic rings. The molecule has 1 atom stereocenters. The number of methoxy groups -OCH3 is 1. The summed E-state index contributed by atoms with van der Waals surface area (Å²) in [4.78, 5) is 24.2. The van der Waals surface area contributed by atoms with Crippen molar-refractivity contribution in [3.63, 3.8) is 0 Å². The summed E-state index contributed by atoms with van der Waals surface area (Å²) in [6.07, 6.45) is 5.49. The number of carbonyl (C=O) groups excluding carboxylic acids is 2. The lowest BCUT2D eigenvalue weighted by Crippen LogP contribution is -2.44. The van der Waals surface area contributed by atoms with E-state index in [2.05, 4.69) is 20.8 Å². The maximum atomic E-state index is 12.2. The fraction of sp³-hybridized carbons (Fsp3) is 0.238. The maximum absolute atomic E-state index is 12.2. The molecule has 0 saturated carbocycles. The number of nitrogens with one attached hydrogen (secondary N) is 2. The van der Waals surface area contributed by atoms with Crippen LogP contribution in [0.15, 0.2) is 54.7 Å². The van der Waals surface area contributed by atoms with Crippen molar-refractivity contribution in [1.29, 1.82) is 0 Å². The Kier molecular flexibility index (Phi) is 6.57. The Hall–Kier alpha value is -3.68. The SMILES string of the molecule is COc1ccc(/C=C/C(=O)NC(C)C(=O)NCCc2nnc3ccccn23)cc1. The van der Waals surface area contributed by atoms with Crippen LogP contribution in [0, 0.1) is 0 Å². The predicted molar refractivity (Wildman–Crippen MR) is 109 cm³/mol. The third-order valence-electron chi connectivity index (χ3n) is 4.33. The smallest absolute Gasteiger partial charge is 0.244 e. The number of ether oxygens (including phenoxy) is 1. The third-order valence-corrected chi connectivity index (χ3v) is 4.33. The van der Waals surface area contributed by atoms with Crippen LogP contribution in [0.3, 0.4) is 0 Å². The highest BCUT2D eigenvalue weighted by Gasteiger charge is 2.14. The lowest BCUT2D eigenvalue weighted by Gasteiger charge is -2.12. The van der Waals surface area contributed by atoms with Crippen molar-refractivity contribution in [2.75, 3.05) is 13.7 Å². The summed E-state index contributed by atoms with van der Waals surface area (Å²) in [7, 11) is 1.60. The molecule has 2 heterocycles. The minimum atomic E-state index is -0.654. The van der Waals surface area contributed by atoms with Gasteiger partial charge in [0.15, 0.2) is 5.65 Å². The molecule has 0 aliphatic carbocycles. The molecule has 1 aromatic carbocycles. The average Bonchev–Trinajstić information content (AvgIpc) is 3.15. The number of hydrogen-bond acceptors (Lipinski definition) is 5. The number of aromatic nitrogens is 3. The summed E-state index contributed by atoms with van der Waals surface area (Å²) >= 11 is 0. The van der Waals surface area contributed by atoms with Crippen molar-refractivity contribution in [3.8, 4) is 5.75 Å². The third kappa shape index (κ3) is 5.41. The van der Waals surface area contributed by atoms with Gasteiger partial charge in [0.1, 0.15) is 17.6 Å². The second-order valence-electron chi connectivity index (χ2n) is 6.42. The molecule has 150 valence electrons. The Labute approximate surface area is 168 Å². The van der Waals surface area contributed by atoms with Crippen molar-refractivity contribution in [1.82, 2.24) is 25.2 Å². The van der Waals surface area contributed by atoms with E-state index in [4.69, 9.17) is 4.74 Å². The lowest BCUT2D eigenvalue weighted by molar-refractivity contribution is -0.126. The Morgan fingerprint density at radius 1 is 1.17 bits per heavy atom. The zero-order valence-corrected chi connectivity index (χ0v) is 16.3. The maximum Gasteiger partial charge on any atom is 0.244 e. The lowest BCUT2D eigenvalue weighted by atomic mass is 10.2. The first-order valence-corrected chi connectivity index (χ1v) is 9.26. The van der Waals surface area contributed by atoms with Gasteiger partial charge >= 0.3 is 0 Å². The normalized spacial score (nSPS) is 12.1. The number of hydrogen-bond donors (Lipinski definition) is 2. The first-order valence-electron chi connectivity index (χ1n) is 9.26. The zero-order valence-electron chi connectivity index (χ0n) is 16.3. The van der Waals surface area contributed by atoms with E-state index in [9.17, 15) is 9.59 Å². The van der Waals surface area contributed by atoms with Crippen molar-refractivity contribution in [2.45, 2.75) is 19.4 Å². The second kappa shape index (κ2) is 9.50. The van der Waals surface area contributed by atoms with E-state index in [0.717, 1.165) is 22.8 Å². The number of nitrogens with zero attached hydrogens (tertiary/aromatic N) is 3. The topological polar surface area (TPSA) is 97.6 Å². The highest BCUT2D eigenvalue weighted by atomic mass is 16.5. The van der Waals surface area contributed by atoms with Crippen LogP contribution >= 0.6 is 0 Å². The summed E-state index contributed by atoms with van der Waals surface area (Å²) in [5.74, 6) is 0.910. The number of amides is 2. The Morgan fingerprint density at radius 3 is 2.72 bits per heavy atom. The van der Waals surface area contributed by atoms with Gasteiger partial charge in [-0.1, -0.05) is 18.2 Å². The minimum absolute atomic E-state index is 0.259. The molecule has 2 amide bonds. The fourth-order valence-corrected chi connectivity index (χ4v) is 2.73. The van der Waals surface area contributed by atoms with E-state index in [1.54, 1.807) is 20.1 Å². The monoisotopic (exact) mass is 393 g/mol. The first kappa shape index (κ1) is 20.1. The molecule has 0 saturated heterocycles. The highest BCUT2D eigenvalue weighted by molar-refractivity contribution is 5.95. The molecule has 8 heteroatoms. The van der Waals surface area contributed by atoms with E-state index in [1.807, 2.05) is 53.1 Å². The van der Waals surface area contributed by atoms with Crippen molar-refractivity contribution in [3.05, 3.63) is 66.1 Å². The van der Waals surface area contributed by atoms with Gasteiger partial charge in [0.05, 0.1) is 7.11 Å². The Morgan fingerprint density at radius 2 is 1.97 bits per heavy atom. The van der Waals surface area contributed by atoms with Gasteiger partial charge in [-0.05, 0) is 42.8 Å². The first-order chi connectivity index (χ1) is 14.1. The molecule has 3 aromatic rings. The zero-order chi connectivity index (χ0) is 20.6. The minimum Gasteiger partial charge on any atom is -0.497 e. The van der Waals surface area contributed by atoms with Gasteiger partial charge in [-0.3, -0.25) is 14.0 Å². The van der Waals surface area contributed by atoms with Gasteiger partial charge < -0.3 is 15.4 Å². The van der Waals surface area contributed by atoms with Crippen LogP contribution in [0.4, 0.5) is 0 Å². The van der Waals surface area contributed by atoms with Gasteiger partial charge in [0.2, 0.25) is 11.8 Å². The van der Waals surface area contributed by atoms with E-state index in [-0.39, 0.29) is 11.8 Å². The highest BCUT2D eigenvalue weighted by Crippen LogP contribution is 2.12. The van der Waals surface area contributed by atoms with Crippen molar-refractivity contribution >= 4 is 23.5 Å². The Balaban J connectivity index is 1.44. The van der Waals surface area contributed by atoms with Crippen LogP contribution in [0.25, 0.3) is 11.7 Å². The standard InChI is InChI=1S/C21H23N5O3/c1-15(23-20(27)11-8-16-6-9-17(29-2)10-7-16)21(28)22-13-12-19-25-24-18-5-3-4-14-26(18)19/h3-11,14-15H,12-13H2,1-2H3,(H,22,28)(H,23,27)/b11-8+. The number of rotatable bonds is 8. The van der Waals surface area contributed by atoms with Gasteiger partial charge in [-0.15, -0.1) is 10.2 Å². The van der Waals surface area contributed by atoms with Gasteiger partial charge in [-0.25, -0.2) is 0 Å². The molecule has 0 spiro atoms. The molecule has 8 nitrogen and oxygen atoms in total. The number of pyridine rings is 1. The fourth-order valence-electron chi connectivity index (χ4n) is 2.73. The van der Waals surface area contributed by atoms with Crippen LogP contribution in [-0.2, 0) is 16.0 Å². The predicted octanol–water partition coefficient (Wildman–Crippen LogP) is 1.61. The molecule has 2 N–H and O–H groups in total. The average molecular weight is 393 g/mol. The summed E-state index contributed by atoms with van der Waals surface area (Å²) in [6.45, 7) is 2.04. The van der Waals surface area contributed by atoms with E-state index in [1.165, 1.54) is 6.08 Å². The molecular formula is C21H23N5O3. The molecule has 2 aromatic heterocycles. The number of fused-ring (bicyclic) bond motifs is 1. The summed E-state index contributed by atoms with van der Waals surface area (Å²) < 4.78 is 6.97. The molecule has 29 heavy (non-hydrogen) atoms. The quantitative estimate of drug-likeness (QED) is 0.567. The van der Waals surface area contributed by atoms with Crippen LogP contribution in [0.2, 0.25) is 0 Å². The van der Waals surface area contributed by atoms with E-state index < -0.39 is 6.04 Å². The summed E-state index contributed by atoms with van der Waals surface area (Å²) in [5, 5.41) is 13.7. The largest absolute Gasteiger partial charge is 0.497 e.